The third kappa shape index (κ3) is 5.96. The van der Waals surface area contributed by atoms with Gasteiger partial charge in [0.2, 0.25) is 5.91 Å². The molecule has 0 unspecified atom stereocenters. The van der Waals surface area contributed by atoms with Gasteiger partial charge in [-0.2, -0.15) is 0 Å². The summed E-state index contributed by atoms with van der Waals surface area (Å²) in [4.78, 5) is 12.0. The number of nitrogens with one attached hydrogen (secondary N) is 1. The molecule has 1 N–H and O–H groups in total. The number of thioether (sulfide) groups is 1. The van der Waals surface area contributed by atoms with E-state index in [-0.39, 0.29) is 5.91 Å². The SMILES string of the molecule is COc1ccc(OC)c(-c2ccc(SCC(=O)NCCc3ccccc3)nn2)c1. The van der Waals surface area contributed by atoms with Crippen molar-refractivity contribution in [2.45, 2.75) is 11.4 Å². The van der Waals surface area contributed by atoms with Crippen molar-refractivity contribution in [3.63, 3.8) is 0 Å². The zero-order chi connectivity index (χ0) is 20.5. The quantitative estimate of drug-likeness (QED) is 0.544. The van der Waals surface area contributed by atoms with Gasteiger partial charge < -0.3 is 14.8 Å². The van der Waals surface area contributed by atoms with Crippen LogP contribution < -0.4 is 14.8 Å². The van der Waals surface area contributed by atoms with Gasteiger partial charge >= 0.3 is 0 Å². The molecular weight excluding hydrogens is 386 g/mol. The fourth-order valence-corrected chi connectivity index (χ4v) is 3.38. The van der Waals surface area contributed by atoms with Crippen LogP contribution >= 0.6 is 11.8 Å². The molecule has 6 nitrogen and oxygen atoms in total. The van der Waals surface area contributed by atoms with Gasteiger partial charge in [0.05, 0.1) is 25.7 Å². The predicted molar refractivity (Wildman–Crippen MR) is 114 cm³/mol. The Morgan fingerprint density at radius 3 is 2.52 bits per heavy atom. The van der Waals surface area contributed by atoms with Crippen molar-refractivity contribution in [3.8, 4) is 22.8 Å². The molecule has 150 valence electrons. The molecule has 0 aliphatic rings. The summed E-state index contributed by atoms with van der Waals surface area (Å²) in [5.41, 5.74) is 2.68. The van der Waals surface area contributed by atoms with Crippen LogP contribution in [0.15, 0.2) is 65.7 Å². The summed E-state index contributed by atoms with van der Waals surface area (Å²) in [5, 5.41) is 12.1. The van der Waals surface area contributed by atoms with Gasteiger partial charge in [-0.1, -0.05) is 42.1 Å². The van der Waals surface area contributed by atoms with Crippen molar-refractivity contribution in [1.29, 1.82) is 0 Å². The van der Waals surface area contributed by atoms with Crippen LogP contribution in [-0.4, -0.2) is 42.6 Å². The maximum atomic E-state index is 12.0. The number of nitrogens with zero attached hydrogens (tertiary/aromatic N) is 2. The molecule has 7 heteroatoms. The number of benzene rings is 2. The average Bonchev–Trinajstić information content (AvgIpc) is 2.78. The monoisotopic (exact) mass is 409 g/mol. The van der Waals surface area contributed by atoms with Crippen molar-refractivity contribution >= 4 is 17.7 Å². The molecule has 0 bridgehead atoms. The molecule has 1 heterocycles. The number of hydrogen-bond donors (Lipinski definition) is 1. The van der Waals surface area contributed by atoms with Crippen LogP contribution in [0, 0.1) is 0 Å². The predicted octanol–water partition coefficient (Wildman–Crippen LogP) is 3.61. The number of carbonyl (C=O) groups excluding carboxylic acids is 1. The first-order valence-corrected chi connectivity index (χ1v) is 10.2. The lowest BCUT2D eigenvalue weighted by Gasteiger charge is -2.10. The first kappa shape index (κ1) is 20.7. The Hall–Kier alpha value is -3.06. The van der Waals surface area contributed by atoms with Gasteiger partial charge in [0.1, 0.15) is 16.5 Å². The van der Waals surface area contributed by atoms with Gasteiger partial charge in [0, 0.05) is 12.1 Å². The van der Waals surface area contributed by atoms with Gasteiger partial charge in [-0.3, -0.25) is 4.79 Å². The van der Waals surface area contributed by atoms with Crippen molar-refractivity contribution in [2.24, 2.45) is 0 Å². The van der Waals surface area contributed by atoms with E-state index in [0.29, 0.717) is 34.5 Å². The summed E-state index contributed by atoms with van der Waals surface area (Å²) < 4.78 is 10.7. The molecule has 2 aromatic carbocycles. The molecule has 3 aromatic rings. The van der Waals surface area contributed by atoms with Crippen LogP contribution in [0.1, 0.15) is 5.56 Å². The molecule has 1 aromatic heterocycles. The van der Waals surface area contributed by atoms with Crippen LogP contribution in [0.4, 0.5) is 0 Å². The minimum absolute atomic E-state index is 0.0220. The summed E-state index contributed by atoms with van der Waals surface area (Å²) in [6.45, 7) is 0.615. The summed E-state index contributed by atoms with van der Waals surface area (Å²) in [6, 6.07) is 19.3. The van der Waals surface area contributed by atoms with E-state index in [0.717, 1.165) is 12.0 Å². The molecule has 0 saturated heterocycles. The summed E-state index contributed by atoms with van der Waals surface area (Å²) in [7, 11) is 3.22. The van der Waals surface area contributed by atoms with Crippen LogP contribution in [0.5, 0.6) is 11.5 Å². The molecule has 0 fully saturated rings. The number of methoxy groups -OCH3 is 2. The maximum Gasteiger partial charge on any atom is 0.230 e. The number of hydrogen-bond acceptors (Lipinski definition) is 6. The second-order valence-corrected chi connectivity index (χ2v) is 7.19. The first-order valence-electron chi connectivity index (χ1n) is 9.19. The first-order chi connectivity index (χ1) is 14.2. The van der Waals surface area contributed by atoms with Gasteiger partial charge in [-0.25, -0.2) is 0 Å². The highest BCUT2D eigenvalue weighted by molar-refractivity contribution is 7.99. The molecule has 0 spiro atoms. The van der Waals surface area contributed by atoms with Crippen LogP contribution in [0.3, 0.4) is 0 Å². The molecule has 3 rings (SSSR count). The lowest BCUT2D eigenvalue weighted by Crippen LogP contribution is -2.27. The minimum Gasteiger partial charge on any atom is -0.497 e. The molecule has 0 radical (unpaired) electrons. The molecule has 0 aliphatic carbocycles. The van der Waals surface area contributed by atoms with Crippen LogP contribution in [-0.2, 0) is 11.2 Å². The van der Waals surface area contributed by atoms with Crippen molar-refractivity contribution in [1.82, 2.24) is 15.5 Å². The number of ether oxygens (including phenoxy) is 2. The lowest BCUT2D eigenvalue weighted by atomic mass is 10.1. The van der Waals surface area contributed by atoms with Gasteiger partial charge in [0.15, 0.2) is 0 Å². The molecule has 0 atom stereocenters. The molecule has 1 amide bonds. The zero-order valence-corrected chi connectivity index (χ0v) is 17.2. The van der Waals surface area contributed by atoms with E-state index >= 15 is 0 Å². The van der Waals surface area contributed by atoms with E-state index in [1.165, 1.54) is 17.3 Å². The fourth-order valence-electron chi connectivity index (χ4n) is 2.74. The number of amides is 1. The van der Waals surface area contributed by atoms with Gasteiger partial charge in [0.25, 0.3) is 0 Å². The Bertz CT molecular complexity index is 934. The second kappa shape index (κ2) is 10.5. The maximum absolute atomic E-state index is 12.0. The van der Waals surface area contributed by atoms with Crippen LogP contribution in [0.25, 0.3) is 11.3 Å². The third-order valence-corrected chi connectivity index (χ3v) is 5.17. The number of aromatic nitrogens is 2. The Balaban J connectivity index is 1.52. The fraction of sp³-hybridized carbons (Fsp3) is 0.227. The Labute approximate surface area is 174 Å². The standard InChI is InChI=1S/C22H23N3O3S/c1-27-17-8-10-20(28-2)18(14-17)19-9-11-22(25-24-19)29-15-21(26)23-13-12-16-6-4-3-5-7-16/h3-11,14H,12-13,15H2,1-2H3,(H,23,26). The van der Waals surface area contributed by atoms with E-state index in [1.54, 1.807) is 14.2 Å². The summed E-state index contributed by atoms with van der Waals surface area (Å²) in [5.74, 6) is 1.68. The normalized spacial score (nSPS) is 10.4. The molecule has 29 heavy (non-hydrogen) atoms. The highest BCUT2D eigenvalue weighted by Gasteiger charge is 2.11. The highest BCUT2D eigenvalue weighted by Crippen LogP contribution is 2.32. The smallest absolute Gasteiger partial charge is 0.230 e. The minimum atomic E-state index is -0.0220. The average molecular weight is 410 g/mol. The topological polar surface area (TPSA) is 73.3 Å². The second-order valence-electron chi connectivity index (χ2n) is 6.20. The Kier molecular flexibility index (Phi) is 7.47. The van der Waals surface area contributed by atoms with Gasteiger partial charge in [-0.05, 0) is 42.3 Å². The molecule has 0 saturated carbocycles. The number of carbonyl (C=O) groups is 1. The Morgan fingerprint density at radius 2 is 1.83 bits per heavy atom. The lowest BCUT2D eigenvalue weighted by molar-refractivity contribution is -0.118. The largest absolute Gasteiger partial charge is 0.497 e. The third-order valence-electron chi connectivity index (χ3n) is 4.25. The van der Waals surface area contributed by atoms with Crippen molar-refractivity contribution < 1.29 is 14.3 Å². The van der Waals surface area contributed by atoms with E-state index in [1.807, 2.05) is 48.5 Å². The Morgan fingerprint density at radius 1 is 1.00 bits per heavy atom. The summed E-state index contributed by atoms with van der Waals surface area (Å²) >= 11 is 1.35. The van der Waals surface area contributed by atoms with Crippen LogP contribution in [0.2, 0.25) is 0 Å². The zero-order valence-electron chi connectivity index (χ0n) is 16.4. The molecular formula is C22H23N3O3S. The van der Waals surface area contributed by atoms with E-state index in [4.69, 9.17) is 9.47 Å². The highest BCUT2D eigenvalue weighted by atomic mass is 32.2. The summed E-state index contributed by atoms with van der Waals surface area (Å²) in [6.07, 6.45) is 0.814. The molecule has 0 aliphatic heterocycles. The van der Waals surface area contributed by atoms with Crippen molar-refractivity contribution in [2.75, 3.05) is 26.5 Å². The van der Waals surface area contributed by atoms with Crippen molar-refractivity contribution in [3.05, 3.63) is 66.2 Å². The van der Waals surface area contributed by atoms with E-state index in [9.17, 15) is 4.79 Å². The number of rotatable bonds is 9. The van der Waals surface area contributed by atoms with Gasteiger partial charge in [-0.15, -0.1) is 10.2 Å². The van der Waals surface area contributed by atoms with E-state index in [2.05, 4.69) is 27.6 Å². The van der Waals surface area contributed by atoms with E-state index < -0.39 is 0 Å².